The van der Waals surface area contributed by atoms with Crippen molar-refractivity contribution < 1.29 is 9.32 Å². The monoisotopic (exact) mass is 327 g/mol. The van der Waals surface area contributed by atoms with Gasteiger partial charge in [-0.05, 0) is 18.2 Å². The number of aromatic nitrogens is 2. The number of carbonyl (C=O) groups excluding carboxylic acids is 1. The van der Waals surface area contributed by atoms with Crippen LogP contribution in [0.4, 0.5) is 5.69 Å². The molecule has 1 amide bonds. The van der Waals surface area contributed by atoms with Crippen molar-refractivity contribution >= 4 is 23.2 Å². The van der Waals surface area contributed by atoms with E-state index in [1.807, 2.05) is 30.3 Å². The zero-order valence-electron chi connectivity index (χ0n) is 12.2. The standard InChI is InChI=1S/C17H14ClN3O2/c18-13-7-4-8-14(11-13)19-15(22)9-10-16-20-17(21-23-16)12-5-2-1-3-6-12/h1-8,11H,9-10H2,(H,19,22). The van der Waals surface area contributed by atoms with Crippen molar-refractivity contribution in [3.63, 3.8) is 0 Å². The first kappa shape index (κ1) is 15.2. The predicted octanol–water partition coefficient (Wildman–Crippen LogP) is 3.96. The van der Waals surface area contributed by atoms with E-state index in [-0.39, 0.29) is 12.3 Å². The number of hydrogen-bond donors (Lipinski definition) is 1. The van der Waals surface area contributed by atoms with Crippen LogP contribution >= 0.6 is 11.6 Å². The summed E-state index contributed by atoms with van der Waals surface area (Å²) in [6, 6.07) is 16.5. The van der Waals surface area contributed by atoms with Crippen LogP contribution in [-0.4, -0.2) is 16.0 Å². The van der Waals surface area contributed by atoms with Gasteiger partial charge < -0.3 is 9.84 Å². The highest BCUT2D eigenvalue weighted by Gasteiger charge is 2.10. The van der Waals surface area contributed by atoms with E-state index >= 15 is 0 Å². The lowest BCUT2D eigenvalue weighted by Gasteiger charge is -2.04. The van der Waals surface area contributed by atoms with E-state index in [9.17, 15) is 4.79 Å². The van der Waals surface area contributed by atoms with Gasteiger partial charge in [-0.25, -0.2) is 0 Å². The van der Waals surface area contributed by atoms with Crippen molar-refractivity contribution in [2.45, 2.75) is 12.8 Å². The normalized spacial score (nSPS) is 10.5. The van der Waals surface area contributed by atoms with Gasteiger partial charge in [0.25, 0.3) is 0 Å². The van der Waals surface area contributed by atoms with Crippen molar-refractivity contribution in [3.05, 3.63) is 65.5 Å². The van der Waals surface area contributed by atoms with Crippen LogP contribution in [0.5, 0.6) is 0 Å². The van der Waals surface area contributed by atoms with Gasteiger partial charge in [0.15, 0.2) is 0 Å². The summed E-state index contributed by atoms with van der Waals surface area (Å²) >= 11 is 5.88. The lowest BCUT2D eigenvalue weighted by Crippen LogP contribution is -2.12. The molecule has 1 aromatic heterocycles. The van der Waals surface area contributed by atoms with Crippen molar-refractivity contribution in [1.82, 2.24) is 10.1 Å². The van der Waals surface area contributed by atoms with E-state index in [4.69, 9.17) is 16.1 Å². The van der Waals surface area contributed by atoms with Gasteiger partial charge in [0.05, 0.1) is 0 Å². The Morgan fingerprint density at radius 1 is 1.13 bits per heavy atom. The van der Waals surface area contributed by atoms with E-state index in [1.54, 1.807) is 24.3 Å². The Morgan fingerprint density at radius 2 is 1.96 bits per heavy atom. The third-order valence-electron chi connectivity index (χ3n) is 3.17. The van der Waals surface area contributed by atoms with Crippen LogP contribution in [-0.2, 0) is 11.2 Å². The molecule has 0 aliphatic rings. The molecule has 1 N–H and O–H groups in total. The molecule has 116 valence electrons. The molecule has 0 radical (unpaired) electrons. The molecule has 1 heterocycles. The Bertz CT molecular complexity index is 802. The molecule has 0 aliphatic carbocycles. The van der Waals surface area contributed by atoms with Crippen LogP contribution in [0.15, 0.2) is 59.1 Å². The number of nitrogens with one attached hydrogen (secondary N) is 1. The van der Waals surface area contributed by atoms with Gasteiger partial charge in [0, 0.05) is 29.1 Å². The van der Waals surface area contributed by atoms with Crippen molar-refractivity contribution in [3.8, 4) is 11.4 Å². The number of hydrogen-bond acceptors (Lipinski definition) is 4. The molecule has 23 heavy (non-hydrogen) atoms. The molecule has 0 spiro atoms. The molecule has 0 saturated heterocycles. The smallest absolute Gasteiger partial charge is 0.227 e. The van der Waals surface area contributed by atoms with Crippen LogP contribution in [0, 0.1) is 0 Å². The van der Waals surface area contributed by atoms with Gasteiger partial charge in [-0.3, -0.25) is 4.79 Å². The largest absolute Gasteiger partial charge is 0.339 e. The minimum Gasteiger partial charge on any atom is -0.339 e. The molecule has 3 rings (SSSR count). The number of amides is 1. The maximum Gasteiger partial charge on any atom is 0.227 e. The molecule has 0 saturated carbocycles. The van der Waals surface area contributed by atoms with Crippen molar-refractivity contribution in [1.29, 1.82) is 0 Å². The first-order valence-corrected chi connectivity index (χ1v) is 7.52. The second-order valence-electron chi connectivity index (χ2n) is 4.94. The van der Waals surface area contributed by atoms with Crippen LogP contribution in [0.3, 0.4) is 0 Å². The molecular formula is C17H14ClN3O2. The van der Waals surface area contributed by atoms with E-state index in [0.29, 0.717) is 28.8 Å². The van der Waals surface area contributed by atoms with E-state index in [2.05, 4.69) is 15.5 Å². The first-order valence-electron chi connectivity index (χ1n) is 7.14. The summed E-state index contributed by atoms with van der Waals surface area (Å²) in [6.07, 6.45) is 0.634. The zero-order chi connectivity index (χ0) is 16.1. The highest BCUT2D eigenvalue weighted by atomic mass is 35.5. The highest BCUT2D eigenvalue weighted by molar-refractivity contribution is 6.30. The molecule has 0 aliphatic heterocycles. The quantitative estimate of drug-likeness (QED) is 0.770. The predicted molar refractivity (Wildman–Crippen MR) is 88.1 cm³/mol. The highest BCUT2D eigenvalue weighted by Crippen LogP contribution is 2.17. The molecule has 0 fully saturated rings. The molecule has 3 aromatic rings. The third kappa shape index (κ3) is 4.17. The summed E-state index contributed by atoms with van der Waals surface area (Å²) in [4.78, 5) is 16.2. The summed E-state index contributed by atoms with van der Waals surface area (Å²) in [7, 11) is 0. The fourth-order valence-corrected chi connectivity index (χ4v) is 2.26. The molecular weight excluding hydrogens is 314 g/mol. The Morgan fingerprint density at radius 3 is 2.74 bits per heavy atom. The van der Waals surface area contributed by atoms with Gasteiger partial charge in [0.1, 0.15) is 0 Å². The Balaban J connectivity index is 1.56. The molecule has 0 bridgehead atoms. The molecule has 6 heteroatoms. The fraction of sp³-hybridized carbons (Fsp3) is 0.118. The van der Waals surface area contributed by atoms with Gasteiger partial charge in [-0.2, -0.15) is 4.98 Å². The minimum absolute atomic E-state index is 0.133. The zero-order valence-corrected chi connectivity index (χ0v) is 13.0. The average molecular weight is 328 g/mol. The Hall–Kier alpha value is -2.66. The summed E-state index contributed by atoms with van der Waals surface area (Å²) in [5.74, 6) is 0.827. The number of nitrogens with zero attached hydrogens (tertiary/aromatic N) is 2. The second kappa shape index (κ2) is 7.07. The minimum atomic E-state index is -0.133. The van der Waals surface area contributed by atoms with Crippen molar-refractivity contribution in [2.24, 2.45) is 0 Å². The molecule has 0 unspecified atom stereocenters. The van der Waals surface area contributed by atoms with Gasteiger partial charge in [-0.15, -0.1) is 0 Å². The number of carbonyl (C=O) groups is 1. The van der Waals surface area contributed by atoms with Crippen LogP contribution in [0.2, 0.25) is 5.02 Å². The Labute approximate surface area is 138 Å². The molecule has 2 aromatic carbocycles. The lowest BCUT2D eigenvalue weighted by molar-refractivity contribution is -0.116. The van der Waals surface area contributed by atoms with Crippen LogP contribution in [0.25, 0.3) is 11.4 Å². The van der Waals surface area contributed by atoms with Crippen LogP contribution in [0.1, 0.15) is 12.3 Å². The van der Waals surface area contributed by atoms with Crippen LogP contribution < -0.4 is 5.32 Å². The second-order valence-corrected chi connectivity index (χ2v) is 5.37. The van der Waals surface area contributed by atoms with Gasteiger partial charge in [0.2, 0.25) is 17.6 Å². The van der Waals surface area contributed by atoms with Gasteiger partial charge in [-0.1, -0.05) is 53.2 Å². The summed E-state index contributed by atoms with van der Waals surface area (Å²) in [6.45, 7) is 0. The first-order chi connectivity index (χ1) is 11.2. The molecule has 5 nitrogen and oxygen atoms in total. The van der Waals surface area contributed by atoms with Crippen molar-refractivity contribution in [2.75, 3.05) is 5.32 Å². The molecule has 0 atom stereocenters. The SMILES string of the molecule is O=C(CCc1nc(-c2ccccc2)no1)Nc1cccc(Cl)c1. The topological polar surface area (TPSA) is 68.0 Å². The maximum absolute atomic E-state index is 11.9. The van der Waals surface area contributed by atoms with E-state index in [1.165, 1.54) is 0 Å². The third-order valence-corrected chi connectivity index (χ3v) is 3.41. The van der Waals surface area contributed by atoms with Gasteiger partial charge >= 0.3 is 0 Å². The fourth-order valence-electron chi connectivity index (χ4n) is 2.07. The maximum atomic E-state index is 11.9. The number of benzene rings is 2. The number of anilines is 1. The number of rotatable bonds is 5. The number of halogens is 1. The summed E-state index contributed by atoms with van der Waals surface area (Å²) in [5.41, 5.74) is 1.55. The number of aryl methyl sites for hydroxylation is 1. The Kier molecular flexibility index (Phi) is 4.68. The van der Waals surface area contributed by atoms with E-state index in [0.717, 1.165) is 5.56 Å². The van der Waals surface area contributed by atoms with E-state index < -0.39 is 0 Å². The summed E-state index contributed by atoms with van der Waals surface area (Å²) < 4.78 is 5.18. The summed E-state index contributed by atoms with van der Waals surface area (Å²) in [5, 5.41) is 7.28. The average Bonchev–Trinajstić information content (AvgIpc) is 3.03. The lowest BCUT2D eigenvalue weighted by atomic mass is 10.2.